The number of carbonyl (C=O) groups excluding carboxylic acids is 3. The molecule has 0 aromatic heterocycles. The van der Waals surface area contributed by atoms with E-state index in [1.165, 1.54) is 36.8 Å². The van der Waals surface area contributed by atoms with Crippen LogP contribution in [0.15, 0.2) is 261 Å². The number of aryl methyl sites for hydroxylation is 2. The van der Waals surface area contributed by atoms with Crippen molar-refractivity contribution < 1.29 is 80.5 Å². The number of aliphatic hydroxyl groups is 1. The van der Waals surface area contributed by atoms with Crippen molar-refractivity contribution in [3.05, 3.63) is 355 Å². The Bertz CT molecular complexity index is 4730. The van der Waals surface area contributed by atoms with Gasteiger partial charge in [-0.15, -0.1) is 0 Å². The van der Waals surface area contributed by atoms with Crippen molar-refractivity contribution >= 4 is 53.3 Å². The zero-order valence-electron chi connectivity index (χ0n) is 61.2. The van der Waals surface area contributed by atoms with Crippen LogP contribution in [0.5, 0.6) is 11.5 Å². The van der Waals surface area contributed by atoms with Gasteiger partial charge in [0.1, 0.15) is 67.7 Å². The first-order valence-corrected chi connectivity index (χ1v) is 35.7. The van der Waals surface area contributed by atoms with Crippen LogP contribution in [-0.2, 0) is 49.9 Å². The fourth-order valence-corrected chi connectivity index (χ4v) is 12.8. The minimum absolute atomic E-state index is 0.0455. The number of aromatic carboxylic acids is 1. The van der Waals surface area contributed by atoms with Crippen molar-refractivity contribution in [2.75, 3.05) is 27.6 Å². The molecule has 2 amide bonds. The van der Waals surface area contributed by atoms with Crippen LogP contribution in [-0.4, -0.2) is 85.1 Å². The van der Waals surface area contributed by atoms with Gasteiger partial charge in [-0.05, 0) is 131 Å². The molecule has 3 unspecified atom stereocenters. The van der Waals surface area contributed by atoms with Crippen LogP contribution in [0.4, 0.5) is 27.2 Å². The molecule has 570 valence electrons. The molecule has 13 rings (SSSR count). The molecule has 21 heteroatoms. The first-order chi connectivity index (χ1) is 53.2. The van der Waals surface area contributed by atoms with Gasteiger partial charge in [0.15, 0.2) is 0 Å². The maximum absolute atomic E-state index is 15.2. The second-order valence-corrected chi connectivity index (χ2v) is 26.1. The van der Waals surface area contributed by atoms with E-state index in [1.807, 2.05) is 196 Å². The maximum Gasteiger partial charge on any atom is 0.407 e. The second-order valence-electron chi connectivity index (χ2n) is 25.3. The average molecular weight is 1540 g/mol. The lowest BCUT2D eigenvalue weighted by Crippen LogP contribution is -2.44. The molecule has 0 fully saturated rings. The van der Waals surface area contributed by atoms with Gasteiger partial charge in [-0.2, -0.15) is 0 Å². The number of aliphatic carboxylic acids is 1. The number of alkyl halides is 2. The number of benzene rings is 11. The largest absolute Gasteiger partial charge is 0.489 e. The summed E-state index contributed by atoms with van der Waals surface area (Å²) < 4.78 is 76.0. The van der Waals surface area contributed by atoms with Gasteiger partial charge in [0.25, 0.3) is 0 Å². The van der Waals surface area contributed by atoms with E-state index in [4.69, 9.17) is 52.0 Å². The molecular weight excluding hydrogens is 1450 g/mol. The molecule has 0 saturated carbocycles. The van der Waals surface area contributed by atoms with Crippen LogP contribution in [0.1, 0.15) is 115 Å². The monoisotopic (exact) mass is 1530 g/mol. The maximum atomic E-state index is 15.2. The molecule has 0 saturated heterocycles. The number of hydrogen-bond donors (Lipinski definition) is 5. The summed E-state index contributed by atoms with van der Waals surface area (Å²) in [6.45, 7) is 8.11. The summed E-state index contributed by atoms with van der Waals surface area (Å²) in [6, 6.07) is 78.1. The third kappa shape index (κ3) is 23.6. The molecule has 11 aromatic rings. The number of carboxylic acids is 2. The predicted molar refractivity (Wildman–Crippen MR) is 418 cm³/mol. The van der Waals surface area contributed by atoms with Gasteiger partial charge in [-0.25, -0.2) is 32.8 Å². The van der Waals surface area contributed by atoms with Crippen LogP contribution < -0.4 is 20.1 Å². The normalized spacial score (nSPS) is 12.3. The number of ether oxygens (including phenoxy) is 5. The van der Waals surface area contributed by atoms with Crippen molar-refractivity contribution in [3.8, 4) is 33.8 Å². The summed E-state index contributed by atoms with van der Waals surface area (Å²) in [5.74, 6) is -3.28. The summed E-state index contributed by atoms with van der Waals surface area (Å²) in [5, 5.41) is 32.9. The van der Waals surface area contributed by atoms with Crippen molar-refractivity contribution in [2.45, 2.75) is 89.9 Å². The minimum atomic E-state index is -1.11. The van der Waals surface area contributed by atoms with E-state index >= 15 is 4.39 Å². The SMILES string of the molecule is CF.CF.Cc1ccc(COc2ccc(C(C)O)c(F)c2)cc1.Cc1ccc(COc2ccc(C(C)OC(=O)C(Cc3ccccc3)NC(=O)OCC3c4ccccc4-c4ccccc43)c(F)c2)cc1.O=C(N[C@@H](Cc1ccccc1)C(=O)O)OCC1c2ccccc2-c2ccccc21.O=C(O)c1c(Cl)cccc1Cl. The molecule has 110 heavy (non-hydrogen) atoms. The smallest absolute Gasteiger partial charge is 0.407 e. The van der Waals surface area contributed by atoms with Crippen LogP contribution in [0.2, 0.25) is 10.0 Å². The zero-order chi connectivity index (χ0) is 79.2. The van der Waals surface area contributed by atoms with Crippen molar-refractivity contribution in [1.82, 2.24) is 10.6 Å². The average Bonchev–Trinajstić information content (AvgIpc) is 1.62. The molecule has 5 N–H and O–H groups in total. The van der Waals surface area contributed by atoms with Crippen LogP contribution in [0, 0.1) is 25.5 Å². The lowest BCUT2D eigenvalue weighted by Gasteiger charge is -2.22. The first kappa shape index (κ1) is 83.9. The number of aliphatic hydroxyl groups excluding tert-OH is 1. The number of rotatable bonds is 22. The quantitative estimate of drug-likeness (QED) is 0.0243. The summed E-state index contributed by atoms with van der Waals surface area (Å²) in [5.41, 5.74) is 15.3. The highest BCUT2D eigenvalue weighted by Crippen LogP contribution is 2.46. The number of carbonyl (C=O) groups is 5. The van der Waals surface area contributed by atoms with Gasteiger partial charge < -0.3 is 49.6 Å². The lowest BCUT2D eigenvalue weighted by molar-refractivity contribution is -0.151. The van der Waals surface area contributed by atoms with Crippen molar-refractivity contribution in [3.63, 3.8) is 0 Å². The van der Waals surface area contributed by atoms with E-state index < -0.39 is 66.0 Å². The molecule has 0 radical (unpaired) electrons. The van der Waals surface area contributed by atoms with Gasteiger partial charge in [0.2, 0.25) is 0 Å². The Labute approximate surface area is 647 Å². The lowest BCUT2D eigenvalue weighted by atomic mass is 9.98. The Morgan fingerprint density at radius 3 is 1.15 bits per heavy atom. The van der Waals surface area contributed by atoms with Crippen LogP contribution in [0.3, 0.4) is 0 Å². The fourth-order valence-electron chi connectivity index (χ4n) is 12.2. The Balaban J connectivity index is 0.000000204. The van der Waals surface area contributed by atoms with E-state index in [9.17, 15) is 47.4 Å². The number of hydrogen-bond acceptors (Lipinski definition) is 11. The summed E-state index contributed by atoms with van der Waals surface area (Å²) in [4.78, 5) is 61.0. The van der Waals surface area contributed by atoms with Gasteiger partial charge in [0.05, 0.1) is 36.1 Å². The first-order valence-electron chi connectivity index (χ1n) is 35.0. The molecule has 4 atom stereocenters. The molecule has 0 bridgehead atoms. The molecule has 0 aliphatic heterocycles. The van der Waals surface area contributed by atoms with Crippen LogP contribution >= 0.6 is 23.2 Å². The highest BCUT2D eigenvalue weighted by molar-refractivity contribution is 6.39. The van der Waals surface area contributed by atoms with Gasteiger partial charge >= 0.3 is 30.1 Å². The third-order valence-corrected chi connectivity index (χ3v) is 18.4. The Hall–Kier alpha value is -11.8. The number of esters is 1. The molecular formula is C89H84Cl2F4N2O13. The molecule has 15 nitrogen and oxygen atoms in total. The third-order valence-electron chi connectivity index (χ3n) is 17.8. The Morgan fingerprint density at radius 1 is 0.436 bits per heavy atom. The number of nitrogens with one attached hydrogen (secondary N) is 2. The molecule has 0 spiro atoms. The van der Waals surface area contributed by atoms with Gasteiger partial charge in [-0.3, -0.25) is 8.78 Å². The second kappa shape index (κ2) is 42.1. The summed E-state index contributed by atoms with van der Waals surface area (Å²) >= 11 is 11.1. The summed E-state index contributed by atoms with van der Waals surface area (Å²) in [7, 11) is 1.00. The van der Waals surface area contributed by atoms with Crippen molar-refractivity contribution in [2.24, 2.45) is 0 Å². The van der Waals surface area contributed by atoms with Crippen LogP contribution in [0.25, 0.3) is 22.3 Å². The number of amides is 2. The standard InChI is InChI=1S/C40H36FNO5.C24H21NO4.C16H17FO2.C7H4Cl2O2.2CH3F/c1-26-16-18-29(19-17-26)24-45-30-20-21-31(37(41)23-30)27(2)47-39(43)38(22-28-10-4-3-5-11-28)42-40(44)46-25-36-34-14-8-6-12-32(34)33-13-7-9-15-35(33)36;26-23(27)22(14-16-8-2-1-3-9-16)25-24(28)29-15-21-19-12-6-4-10-17(19)18-11-5-7-13-20(18)21;1-11-3-5-13(6-4-11)10-19-14-7-8-15(12(2)18)16(17)9-14;8-4-2-1-3-5(9)6(4)7(10)11;2*1-2/h3-21,23,27,36,38H,22,24-25H2,1-2H3,(H,42,44);1-13,21-22H,14-15H2,(H,25,28)(H,26,27);3-9,12,18H,10H2,1-2H3;1-3H,(H,10,11);2*1H3/t;22-;;;;/m.0..../s1. The molecule has 0 heterocycles. The van der Waals surface area contributed by atoms with Gasteiger partial charge in [-0.1, -0.05) is 247 Å². The van der Waals surface area contributed by atoms with E-state index in [2.05, 4.69) is 34.9 Å². The number of fused-ring (bicyclic) bond motifs is 6. The van der Waals surface area contributed by atoms with Crippen molar-refractivity contribution in [1.29, 1.82) is 0 Å². The summed E-state index contributed by atoms with van der Waals surface area (Å²) in [6.07, 6.45) is -2.83. The van der Waals surface area contributed by atoms with E-state index in [1.54, 1.807) is 37.3 Å². The highest BCUT2D eigenvalue weighted by Gasteiger charge is 2.33. The molecule has 11 aromatic carbocycles. The number of alkyl carbamates (subject to hydrolysis) is 2. The number of halogens is 6. The Morgan fingerprint density at radius 2 is 0.791 bits per heavy atom. The Kier molecular flexibility index (Phi) is 32.1. The zero-order valence-corrected chi connectivity index (χ0v) is 62.7. The van der Waals surface area contributed by atoms with Gasteiger partial charge in [0, 0.05) is 47.9 Å². The van der Waals surface area contributed by atoms with E-state index in [0.717, 1.165) is 72.3 Å². The number of carboxylic acid groups (broad SMARTS) is 2. The molecule has 2 aliphatic carbocycles. The van der Waals surface area contributed by atoms with E-state index in [-0.39, 0.29) is 64.6 Å². The predicted octanol–water partition coefficient (Wildman–Crippen LogP) is 20.3. The van der Waals surface area contributed by atoms with E-state index in [0.29, 0.717) is 39.1 Å². The topological polar surface area (TPSA) is 216 Å². The minimum Gasteiger partial charge on any atom is -0.489 e. The highest BCUT2D eigenvalue weighted by atomic mass is 35.5. The molecule has 2 aliphatic rings. The fraction of sp³-hybridized carbons (Fsp3) is 0.202.